The van der Waals surface area contributed by atoms with Gasteiger partial charge in [0.25, 0.3) is 0 Å². The lowest BCUT2D eigenvalue weighted by Crippen LogP contribution is -2.01. The van der Waals surface area contributed by atoms with Gasteiger partial charge in [-0.05, 0) is 92.4 Å². The molecule has 5 heteroatoms. The fraction of sp³-hybridized carbons (Fsp3) is 0. The van der Waals surface area contributed by atoms with Crippen LogP contribution in [0.5, 0.6) is 11.5 Å². The number of ether oxygens (including phenoxy) is 1. The Morgan fingerprint density at radius 3 is 1.58 bits per heavy atom. The normalized spacial score (nSPS) is 11.8. The fourth-order valence-electron chi connectivity index (χ4n) is 9.61. The van der Waals surface area contributed by atoms with Crippen LogP contribution in [0.3, 0.4) is 0 Å². The molecule has 1 aliphatic heterocycles. The van der Waals surface area contributed by atoms with E-state index in [9.17, 15) is 0 Å². The Hall–Kier alpha value is -8.93. The molecule has 10 aromatic carbocycles. The molecule has 1 aliphatic rings. The van der Waals surface area contributed by atoms with Gasteiger partial charge in [-0.2, -0.15) is 0 Å². The summed E-state index contributed by atoms with van der Waals surface area (Å²) in [5, 5.41) is 4.38. The molecule has 66 heavy (non-hydrogen) atoms. The molecule has 5 nitrogen and oxygen atoms in total. The molecular formula is C61H37N3O2. The molecule has 0 saturated heterocycles. The lowest BCUT2D eigenvalue weighted by atomic mass is 9.83. The number of hydrogen-bond acceptors (Lipinski definition) is 5. The zero-order chi connectivity index (χ0) is 43.6. The Balaban J connectivity index is 0.991. The number of nitrogens with zero attached hydrogens (tertiary/aromatic N) is 3. The average molecular weight is 844 g/mol. The lowest BCUT2D eigenvalue weighted by molar-refractivity contribution is 0.489. The maximum Gasteiger partial charge on any atom is 0.164 e. The molecule has 0 radical (unpaired) electrons. The summed E-state index contributed by atoms with van der Waals surface area (Å²) in [5.74, 6) is 3.51. The molecule has 13 rings (SSSR count). The number of hydrogen-bond donors (Lipinski definition) is 0. The number of aromatic nitrogens is 3. The van der Waals surface area contributed by atoms with Crippen molar-refractivity contribution >= 4 is 32.7 Å². The monoisotopic (exact) mass is 843 g/mol. The number of furan rings is 1. The summed E-state index contributed by atoms with van der Waals surface area (Å²) in [6.45, 7) is 0. The van der Waals surface area contributed by atoms with Crippen LogP contribution in [-0.2, 0) is 0 Å². The molecule has 2 aromatic heterocycles. The zero-order valence-corrected chi connectivity index (χ0v) is 35.5. The molecule has 0 spiro atoms. The standard InChI is InChI=1S/C61H37N3O2/c1-4-15-38(16-5-1)45-36-50(56(40-17-6-2-7-18-40)52(37-45)49-26-14-25-48-47-24-12-21-41-22-13-28-55(57(41)47)66-58(48)49)39-29-31-43(32-30-39)60-62-59(42-19-8-3-9-20-42)63-61(64-60)44-33-34-54-51(35-44)46-23-10-11-27-53(46)65-54/h1-37H. The Morgan fingerprint density at radius 2 is 0.833 bits per heavy atom. The minimum atomic E-state index is 0.591. The van der Waals surface area contributed by atoms with Crippen molar-refractivity contribution in [2.45, 2.75) is 0 Å². The smallest absolute Gasteiger partial charge is 0.164 e. The molecular weight excluding hydrogens is 807 g/mol. The van der Waals surface area contributed by atoms with E-state index in [-0.39, 0.29) is 0 Å². The number of benzene rings is 10. The molecule has 0 N–H and O–H groups in total. The summed E-state index contributed by atoms with van der Waals surface area (Å²) < 4.78 is 13.1. The molecule has 0 saturated carbocycles. The number of rotatable bonds is 7. The van der Waals surface area contributed by atoms with Gasteiger partial charge in [0.2, 0.25) is 0 Å². The zero-order valence-electron chi connectivity index (χ0n) is 35.5. The Bertz CT molecular complexity index is 3820. The van der Waals surface area contributed by atoms with Gasteiger partial charge in [0.15, 0.2) is 17.5 Å². The van der Waals surface area contributed by atoms with Gasteiger partial charge in [-0.15, -0.1) is 0 Å². The van der Waals surface area contributed by atoms with Crippen LogP contribution in [0.15, 0.2) is 229 Å². The van der Waals surface area contributed by atoms with Crippen molar-refractivity contribution < 1.29 is 9.15 Å². The second-order valence-corrected chi connectivity index (χ2v) is 16.7. The molecule has 3 heterocycles. The largest absolute Gasteiger partial charge is 0.456 e. The van der Waals surface area contributed by atoms with E-state index in [4.69, 9.17) is 24.1 Å². The third-order valence-electron chi connectivity index (χ3n) is 12.7. The highest BCUT2D eigenvalue weighted by Gasteiger charge is 2.26. The summed E-state index contributed by atoms with van der Waals surface area (Å²) in [6.07, 6.45) is 0. The van der Waals surface area contributed by atoms with E-state index in [0.29, 0.717) is 17.5 Å². The van der Waals surface area contributed by atoms with E-state index in [0.717, 1.165) is 111 Å². The van der Waals surface area contributed by atoms with Gasteiger partial charge in [-0.3, -0.25) is 0 Å². The van der Waals surface area contributed by atoms with Crippen molar-refractivity contribution in [3.8, 4) is 101 Å². The Morgan fingerprint density at radius 1 is 0.303 bits per heavy atom. The van der Waals surface area contributed by atoms with E-state index >= 15 is 0 Å². The highest BCUT2D eigenvalue weighted by atomic mass is 16.5. The van der Waals surface area contributed by atoms with Crippen LogP contribution in [0.4, 0.5) is 0 Å². The minimum Gasteiger partial charge on any atom is -0.456 e. The minimum absolute atomic E-state index is 0.591. The number of para-hydroxylation sites is 2. The number of fused-ring (bicyclic) bond motifs is 5. The third kappa shape index (κ3) is 6.36. The van der Waals surface area contributed by atoms with Gasteiger partial charge in [-0.1, -0.05) is 182 Å². The van der Waals surface area contributed by atoms with E-state index in [1.54, 1.807) is 0 Å². The van der Waals surface area contributed by atoms with Crippen molar-refractivity contribution in [1.82, 2.24) is 15.0 Å². The molecule has 0 aliphatic carbocycles. The maximum atomic E-state index is 6.98. The lowest BCUT2D eigenvalue weighted by Gasteiger charge is -2.25. The van der Waals surface area contributed by atoms with Gasteiger partial charge < -0.3 is 9.15 Å². The van der Waals surface area contributed by atoms with Crippen LogP contribution in [-0.4, -0.2) is 15.0 Å². The topological polar surface area (TPSA) is 61.0 Å². The van der Waals surface area contributed by atoms with Crippen molar-refractivity contribution in [2.24, 2.45) is 0 Å². The van der Waals surface area contributed by atoms with Crippen molar-refractivity contribution in [3.63, 3.8) is 0 Å². The van der Waals surface area contributed by atoms with Crippen LogP contribution in [0, 0.1) is 0 Å². The average Bonchev–Trinajstić information content (AvgIpc) is 3.77. The first-order chi connectivity index (χ1) is 32.7. The third-order valence-corrected chi connectivity index (χ3v) is 12.7. The van der Waals surface area contributed by atoms with E-state index in [2.05, 4.69) is 164 Å². The SMILES string of the molecule is c1ccc(-c2cc(-c3ccc(-c4nc(-c5ccccc5)nc(-c5ccc6oc7ccccc7c6c5)n4)cc3)c(-c3ccccc3)c(-c3cccc4c3Oc3cccc5cccc-4c35)c2)cc1. The van der Waals surface area contributed by atoms with Crippen LogP contribution >= 0.6 is 0 Å². The summed E-state index contributed by atoms with van der Waals surface area (Å²) in [7, 11) is 0. The highest BCUT2D eigenvalue weighted by Crippen LogP contribution is 2.53. The van der Waals surface area contributed by atoms with Gasteiger partial charge in [0.1, 0.15) is 22.7 Å². The van der Waals surface area contributed by atoms with Crippen LogP contribution in [0.2, 0.25) is 0 Å². The molecule has 12 aromatic rings. The van der Waals surface area contributed by atoms with Gasteiger partial charge >= 0.3 is 0 Å². The molecule has 0 bridgehead atoms. The summed E-state index contributed by atoms with van der Waals surface area (Å²) in [6, 6.07) is 78.3. The van der Waals surface area contributed by atoms with E-state index in [1.165, 1.54) is 5.56 Å². The first kappa shape index (κ1) is 37.6. The van der Waals surface area contributed by atoms with Gasteiger partial charge in [-0.25, -0.2) is 15.0 Å². The van der Waals surface area contributed by atoms with Crippen LogP contribution in [0.1, 0.15) is 0 Å². The van der Waals surface area contributed by atoms with Crippen LogP contribution < -0.4 is 4.74 Å². The molecule has 308 valence electrons. The first-order valence-electron chi connectivity index (χ1n) is 22.2. The van der Waals surface area contributed by atoms with Crippen molar-refractivity contribution in [3.05, 3.63) is 224 Å². The van der Waals surface area contributed by atoms with E-state index < -0.39 is 0 Å². The van der Waals surface area contributed by atoms with E-state index in [1.807, 2.05) is 60.7 Å². The summed E-state index contributed by atoms with van der Waals surface area (Å²) >= 11 is 0. The van der Waals surface area contributed by atoms with Crippen molar-refractivity contribution in [2.75, 3.05) is 0 Å². The molecule has 0 amide bonds. The molecule has 0 unspecified atom stereocenters. The highest BCUT2D eigenvalue weighted by molar-refractivity contribution is 6.08. The first-order valence-corrected chi connectivity index (χ1v) is 22.2. The summed E-state index contributed by atoms with van der Waals surface area (Å²) in [5.41, 5.74) is 15.4. The molecule has 0 fully saturated rings. The molecule has 0 atom stereocenters. The predicted octanol–water partition coefficient (Wildman–Crippen LogP) is 16.4. The Kier molecular flexibility index (Phi) is 8.78. The van der Waals surface area contributed by atoms with Crippen LogP contribution in [0.25, 0.3) is 123 Å². The fourth-order valence-corrected chi connectivity index (χ4v) is 9.61. The predicted molar refractivity (Wildman–Crippen MR) is 268 cm³/mol. The van der Waals surface area contributed by atoms with Gasteiger partial charge in [0, 0.05) is 44.0 Å². The maximum absolute atomic E-state index is 6.98. The summed E-state index contributed by atoms with van der Waals surface area (Å²) in [4.78, 5) is 15.3. The quantitative estimate of drug-likeness (QED) is 0.160. The second kappa shape index (κ2) is 15.4. The van der Waals surface area contributed by atoms with Crippen molar-refractivity contribution in [1.29, 1.82) is 0 Å². The second-order valence-electron chi connectivity index (χ2n) is 16.7. The Labute approximate surface area is 380 Å². The van der Waals surface area contributed by atoms with Gasteiger partial charge in [0.05, 0.1) is 0 Å².